The number of fused-ring (bicyclic) bond motifs is 12. The molecule has 262 valence electrons. The molecule has 0 spiro atoms. The number of benzene rings is 10. The lowest BCUT2D eigenvalue weighted by Gasteiger charge is -2.23. The maximum absolute atomic E-state index is 6.67. The van der Waals surface area contributed by atoms with Crippen LogP contribution in [0, 0.1) is 0 Å². The van der Waals surface area contributed by atoms with E-state index in [9.17, 15) is 0 Å². The van der Waals surface area contributed by atoms with Gasteiger partial charge in [-0.1, -0.05) is 178 Å². The van der Waals surface area contributed by atoms with Gasteiger partial charge < -0.3 is 4.42 Å². The van der Waals surface area contributed by atoms with Gasteiger partial charge in [-0.25, -0.2) is 0 Å². The number of hydrogen-bond acceptors (Lipinski definition) is 1. The average Bonchev–Trinajstić information content (AvgIpc) is 3.74. The first-order chi connectivity index (χ1) is 27.6. The molecule has 0 saturated carbocycles. The maximum atomic E-state index is 6.67. The molecule has 0 radical (unpaired) electrons. The van der Waals surface area contributed by atoms with E-state index in [4.69, 9.17) is 4.42 Å². The largest absolute Gasteiger partial charge is 0.455 e. The summed E-state index contributed by atoms with van der Waals surface area (Å²) in [6, 6.07) is 67.1. The smallest absolute Gasteiger partial charge is 0.143 e. The van der Waals surface area contributed by atoms with Gasteiger partial charge in [-0.15, -0.1) is 0 Å². The SMILES string of the molecule is CC1(C)c2cc(-c3c4ccccc4c(-c4ccc(-c5ccccc5)c5ccccc45)c4ccccc34)ccc2-c2c1ccc1ccc3c4ccccc4oc3c21. The summed E-state index contributed by atoms with van der Waals surface area (Å²) < 4.78 is 6.67. The zero-order valence-corrected chi connectivity index (χ0v) is 31.2. The third-order valence-corrected chi connectivity index (χ3v) is 12.7. The minimum atomic E-state index is -0.200. The molecule has 0 unspecified atom stereocenters. The zero-order valence-electron chi connectivity index (χ0n) is 31.2. The van der Waals surface area contributed by atoms with E-state index in [1.807, 2.05) is 0 Å². The highest BCUT2D eigenvalue weighted by Crippen LogP contribution is 2.55. The first-order valence-electron chi connectivity index (χ1n) is 19.6. The Hall–Kier alpha value is -6.96. The van der Waals surface area contributed by atoms with Crippen LogP contribution >= 0.6 is 0 Å². The van der Waals surface area contributed by atoms with Gasteiger partial charge in [0.25, 0.3) is 0 Å². The van der Waals surface area contributed by atoms with Crippen molar-refractivity contribution in [1.29, 1.82) is 0 Å². The van der Waals surface area contributed by atoms with E-state index in [1.54, 1.807) is 0 Å². The van der Waals surface area contributed by atoms with Crippen LogP contribution in [-0.4, -0.2) is 0 Å². The Morgan fingerprint density at radius 2 is 0.911 bits per heavy atom. The molecule has 1 nitrogen and oxygen atoms in total. The summed E-state index contributed by atoms with van der Waals surface area (Å²) in [5.41, 5.74) is 14.6. The van der Waals surface area contributed by atoms with Crippen molar-refractivity contribution in [3.63, 3.8) is 0 Å². The van der Waals surface area contributed by atoms with E-state index < -0.39 is 0 Å². The topological polar surface area (TPSA) is 13.1 Å². The van der Waals surface area contributed by atoms with Crippen LogP contribution in [0.25, 0.3) is 110 Å². The predicted molar refractivity (Wildman–Crippen MR) is 238 cm³/mol. The van der Waals surface area contributed by atoms with Gasteiger partial charge in [-0.3, -0.25) is 0 Å². The van der Waals surface area contributed by atoms with E-state index in [0.29, 0.717) is 0 Å². The molecule has 0 N–H and O–H groups in total. The molecule has 56 heavy (non-hydrogen) atoms. The summed E-state index contributed by atoms with van der Waals surface area (Å²) in [6.45, 7) is 4.77. The Morgan fingerprint density at radius 3 is 1.62 bits per heavy atom. The van der Waals surface area contributed by atoms with Gasteiger partial charge in [0.1, 0.15) is 11.2 Å². The quantitative estimate of drug-likeness (QED) is 0.166. The minimum absolute atomic E-state index is 0.200. The summed E-state index contributed by atoms with van der Waals surface area (Å²) in [7, 11) is 0. The lowest BCUT2D eigenvalue weighted by atomic mass is 9.80. The number of para-hydroxylation sites is 1. The van der Waals surface area contributed by atoms with Gasteiger partial charge in [0.2, 0.25) is 0 Å². The molecule has 0 aliphatic heterocycles. The molecule has 12 rings (SSSR count). The third kappa shape index (κ3) is 4.26. The molecular formula is C55H36O. The van der Waals surface area contributed by atoms with Gasteiger partial charge in [0.15, 0.2) is 0 Å². The number of hydrogen-bond donors (Lipinski definition) is 0. The number of furan rings is 1. The van der Waals surface area contributed by atoms with Crippen molar-refractivity contribution < 1.29 is 4.42 Å². The molecule has 0 atom stereocenters. The first-order valence-corrected chi connectivity index (χ1v) is 19.6. The van der Waals surface area contributed by atoms with Crippen LogP contribution in [0.2, 0.25) is 0 Å². The first kappa shape index (κ1) is 31.4. The summed E-state index contributed by atoms with van der Waals surface area (Å²) in [6.07, 6.45) is 0. The fourth-order valence-corrected chi connectivity index (χ4v) is 10.1. The minimum Gasteiger partial charge on any atom is -0.455 e. The predicted octanol–water partition coefficient (Wildman–Crippen LogP) is 15.5. The molecule has 1 heterocycles. The molecule has 11 aromatic rings. The molecule has 1 aromatic heterocycles. The normalized spacial score (nSPS) is 13.3. The Bertz CT molecular complexity index is 3380. The van der Waals surface area contributed by atoms with Crippen molar-refractivity contribution in [3.8, 4) is 44.5 Å². The van der Waals surface area contributed by atoms with Crippen LogP contribution in [0.4, 0.5) is 0 Å². The van der Waals surface area contributed by atoms with Gasteiger partial charge >= 0.3 is 0 Å². The summed E-state index contributed by atoms with van der Waals surface area (Å²) in [5.74, 6) is 0. The van der Waals surface area contributed by atoms with Gasteiger partial charge in [0, 0.05) is 21.6 Å². The highest BCUT2D eigenvalue weighted by atomic mass is 16.3. The van der Waals surface area contributed by atoms with E-state index in [0.717, 1.165) is 16.6 Å². The number of rotatable bonds is 3. The molecular weight excluding hydrogens is 677 g/mol. The van der Waals surface area contributed by atoms with E-state index in [-0.39, 0.29) is 5.41 Å². The lowest BCUT2D eigenvalue weighted by molar-refractivity contribution is 0.660. The monoisotopic (exact) mass is 712 g/mol. The molecule has 1 aliphatic carbocycles. The van der Waals surface area contributed by atoms with Crippen molar-refractivity contribution in [2.75, 3.05) is 0 Å². The summed E-state index contributed by atoms with van der Waals surface area (Å²) in [4.78, 5) is 0. The second-order valence-electron chi connectivity index (χ2n) is 15.9. The van der Waals surface area contributed by atoms with Crippen LogP contribution < -0.4 is 0 Å². The van der Waals surface area contributed by atoms with Crippen LogP contribution in [0.15, 0.2) is 186 Å². The Morgan fingerprint density at radius 1 is 0.357 bits per heavy atom. The zero-order chi connectivity index (χ0) is 37.1. The second kappa shape index (κ2) is 11.5. The van der Waals surface area contributed by atoms with Gasteiger partial charge in [-0.2, -0.15) is 0 Å². The van der Waals surface area contributed by atoms with E-state index >= 15 is 0 Å². The van der Waals surface area contributed by atoms with Crippen molar-refractivity contribution in [1.82, 2.24) is 0 Å². The van der Waals surface area contributed by atoms with Crippen LogP contribution in [-0.2, 0) is 5.41 Å². The summed E-state index contributed by atoms with van der Waals surface area (Å²) in [5, 5.41) is 12.3. The fraction of sp³-hybridized carbons (Fsp3) is 0.0545. The molecule has 10 aromatic carbocycles. The highest BCUT2D eigenvalue weighted by Gasteiger charge is 2.37. The van der Waals surface area contributed by atoms with Crippen molar-refractivity contribution >= 4 is 65.0 Å². The van der Waals surface area contributed by atoms with Crippen molar-refractivity contribution in [2.45, 2.75) is 19.3 Å². The lowest BCUT2D eigenvalue weighted by Crippen LogP contribution is -2.15. The Balaban J connectivity index is 1.11. The molecule has 0 amide bonds. The fourth-order valence-electron chi connectivity index (χ4n) is 10.1. The van der Waals surface area contributed by atoms with Crippen LogP contribution in [0.1, 0.15) is 25.0 Å². The van der Waals surface area contributed by atoms with Gasteiger partial charge in [-0.05, 0) is 112 Å². The van der Waals surface area contributed by atoms with E-state index in [2.05, 4.69) is 196 Å². The third-order valence-electron chi connectivity index (χ3n) is 12.7. The average molecular weight is 713 g/mol. The Kier molecular flexibility index (Phi) is 6.46. The molecule has 1 heteroatoms. The molecule has 0 saturated heterocycles. The molecule has 0 bridgehead atoms. The second-order valence-corrected chi connectivity index (χ2v) is 15.9. The van der Waals surface area contributed by atoms with Crippen LogP contribution in [0.5, 0.6) is 0 Å². The molecule has 0 fully saturated rings. The standard InChI is InChI=1S/C55H36O/c1-55(2)47-31-26-34-24-27-45-39-18-12-13-23-49(39)56-54(45)51(34)53(47)46-28-25-35(32-48(46)55)50-40-19-8-10-21-42(40)52(43-22-11-9-20-41(43)50)44-30-29-36(33-14-4-3-5-15-33)37-16-6-7-17-38(37)44/h3-32H,1-2H3. The van der Waals surface area contributed by atoms with E-state index in [1.165, 1.54) is 104 Å². The maximum Gasteiger partial charge on any atom is 0.143 e. The van der Waals surface area contributed by atoms with Gasteiger partial charge in [0.05, 0.1) is 0 Å². The Labute approximate surface area is 325 Å². The highest BCUT2D eigenvalue weighted by molar-refractivity contribution is 6.25. The van der Waals surface area contributed by atoms with Crippen LogP contribution in [0.3, 0.4) is 0 Å². The van der Waals surface area contributed by atoms with Crippen molar-refractivity contribution in [2.24, 2.45) is 0 Å². The molecule has 1 aliphatic rings. The van der Waals surface area contributed by atoms with Crippen molar-refractivity contribution in [3.05, 3.63) is 193 Å². The summed E-state index contributed by atoms with van der Waals surface area (Å²) >= 11 is 0.